The van der Waals surface area contributed by atoms with Crippen LogP contribution in [0.3, 0.4) is 0 Å². The highest BCUT2D eigenvalue weighted by Gasteiger charge is 2.16. The van der Waals surface area contributed by atoms with Crippen molar-refractivity contribution in [3.63, 3.8) is 0 Å². The molecule has 29 heavy (non-hydrogen) atoms. The molecule has 7 nitrogen and oxygen atoms in total. The van der Waals surface area contributed by atoms with Crippen molar-refractivity contribution in [2.24, 2.45) is 0 Å². The lowest BCUT2D eigenvalue weighted by molar-refractivity contribution is 0.0940. The van der Waals surface area contributed by atoms with Crippen LogP contribution in [-0.2, 0) is 10.0 Å². The second kappa shape index (κ2) is 8.74. The first-order chi connectivity index (χ1) is 13.8. The van der Waals surface area contributed by atoms with Crippen LogP contribution in [0.5, 0.6) is 11.6 Å². The Kier molecular flexibility index (Phi) is 6.13. The smallest absolute Gasteiger partial charge is 0.261 e. The van der Waals surface area contributed by atoms with E-state index in [-0.39, 0.29) is 28.3 Å². The quantitative estimate of drug-likeness (QED) is 0.616. The molecule has 0 saturated heterocycles. The molecule has 150 valence electrons. The molecule has 0 unspecified atom stereocenters. The summed E-state index contributed by atoms with van der Waals surface area (Å²) in [5.41, 5.74) is 0.618. The number of benzene rings is 2. The maximum Gasteiger partial charge on any atom is 0.261 e. The Hall–Kier alpha value is -3.39. The number of carbonyl (C=O) groups is 1. The number of pyridine rings is 1. The number of anilines is 1. The fourth-order valence-corrected chi connectivity index (χ4v) is 3.60. The molecule has 2 aromatic carbocycles. The SMILES string of the molecule is CC(C)NC(=O)c1cccnc1Oc1cccc(NS(=O)(=O)c2ccccc2)c1. The standard InChI is InChI=1S/C21H21N3O4S/c1-15(2)23-20(25)19-12-7-13-22-21(19)28-17-9-6-8-16(14-17)24-29(26,27)18-10-4-3-5-11-18/h3-15,24H,1-2H3,(H,23,25). The molecule has 1 aromatic heterocycles. The van der Waals surface area contributed by atoms with Crippen LogP contribution < -0.4 is 14.8 Å². The average molecular weight is 411 g/mol. The van der Waals surface area contributed by atoms with Crippen molar-refractivity contribution in [2.45, 2.75) is 24.8 Å². The molecule has 0 aliphatic carbocycles. The van der Waals surface area contributed by atoms with Crippen LogP contribution in [0, 0.1) is 0 Å². The van der Waals surface area contributed by atoms with Gasteiger partial charge in [0.15, 0.2) is 0 Å². The normalized spacial score (nSPS) is 11.1. The summed E-state index contributed by atoms with van der Waals surface area (Å²) in [7, 11) is -3.72. The van der Waals surface area contributed by atoms with Gasteiger partial charge in [-0.15, -0.1) is 0 Å². The van der Waals surface area contributed by atoms with Crippen molar-refractivity contribution in [3.05, 3.63) is 78.5 Å². The van der Waals surface area contributed by atoms with E-state index < -0.39 is 10.0 Å². The zero-order valence-corrected chi connectivity index (χ0v) is 16.8. The number of nitrogens with zero attached hydrogens (tertiary/aromatic N) is 1. The van der Waals surface area contributed by atoms with Crippen molar-refractivity contribution in [2.75, 3.05) is 4.72 Å². The van der Waals surface area contributed by atoms with Crippen LogP contribution in [-0.4, -0.2) is 25.4 Å². The second-order valence-electron chi connectivity index (χ2n) is 6.53. The Morgan fingerprint density at radius 3 is 2.48 bits per heavy atom. The first kappa shape index (κ1) is 20.3. The van der Waals surface area contributed by atoms with Gasteiger partial charge in [0.2, 0.25) is 5.88 Å². The number of sulfonamides is 1. The van der Waals surface area contributed by atoms with Crippen LogP contribution in [0.1, 0.15) is 24.2 Å². The Morgan fingerprint density at radius 1 is 1.00 bits per heavy atom. The highest BCUT2D eigenvalue weighted by Crippen LogP contribution is 2.26. The van der Waals surface area contributed by atoms with Crippen LogP contribution >= 0.6 is 0 Å². The molecule has 0 spiro atoms. The van der Waals surface area contributed by atoms with Crippen LogP contribution in [0.4, 0.5) is 5.69 Å². The van der Waals surface area contributed by atoms with Crippen molar-refractivity contribution in [1.82, 2.24) is 10.3 Å². The van der Waals surface area contributed by atoms with Crippen molar-refractivity contribution >= 4 is 21.6 Å². The molecule has 0 fully saturated rings. The third-order valence-electron chi connectivity index (χ3n) is 3.79. The predicted molar refractivity (Wildman–Crippen MR) is 111 cm³/mol. The number of amides is 1. The molecule has 1 heterocycles. The fourth-order valence-electron chi connectivity index (χ4n) is 2.53. The fraction of sp³-hybridized carbons (Fsp3) is 0.143. The van der Waals surface area contributed by atoms with Gasteiger partial charge in [-0.2, -0.15) is 0 Å². The summed E-state index contributed by atoms with van der Waals surface area (Å²) in [6, 6.07) is 17.7. The Morgan fingerprint density at radius 2 is 1.76 bits per heavy atom. The largest absolute Gasteiger partial charge is 0.438 e. The highest BCUT2D eigenvalue weighted by atomic mass is 32.2. The van der Waals surface area contributed by atoms with E-state index in [1.165, 1.54) is 24.4 Å². The molecule has 2 N–H and O–H groups in total. The van der Waals surface area contributed by atoms with E-state index in [0.29, 0.717) is 11.4 Å². The minimum Gasteiger partial charge on any atom is -0.438 e. The highest BCUT2D eigenvalue weighted by molar-refractivity contribution is 7.92. The monoisotopic (exact) mass is 411 g/mol. The van der Waals surface area contributed by atoms with E-state index in [4.69, 9.17) is 4.74 Å². The number of aromatic nitrogens is 1. The van der Waals surface area contributed by atoms with E-state index in [2.05, 4.69) is 15.0 Å². The summed E-state index contributed by atoms with van der Waals surface area (Å²) in [5, 5.41) is 2.80. The van der Waals surface area contributed by atoms with Gasteiger partial charge in [-0.05, 0) is 50.2 Å². The third kappa shape index (κ3) is 5.32. The number of ether oxygens (including phenoxy) is 1. The summed E-state index contributed by atoms with van der Waals surface area (Å²) in [5.74, 6) is 0.174. The Balaban J connectivity index is 1.82. The maximum absolute atomic E-state index is 12.5. The molecular weight excluding hydrogens is 390 g/mol. The third-order valence-corrected chi connectivity index (χ3v) is 5.19. The van der Waals surface area contributed by atoms with Gasteiger partial charge in [0.1, 0.15) is 11.3 Å². The molecule has 0 bridgehead atoms. The number of nitrogens with one attached hydrogen (secondary N) is 2. The molecule has 1 amide bonds. The van der Waals surface area contributed by atoms with Gasteiger partial charge in [0.05, 0.1) is 10.6 Å². The summed E-state index contributed by atoms with van der Waals surface area (Å²) in [4.78, 5) is 16.6. The Labute approximate surface area is 169 Å². The lowest BCUT2D eigenvalue weighted by Crippen LogP contribution is -2.30. The van der Waals surface area contributed by atoms with Gasteiger partial charge < -0.3 is 10.1 Å². The van der Waals surface area contributed by atoms with Crippen molar-refractivity contribution in [3.8, 4) is 11.6 Å². The first-order valence-corrected chi connectivity index (χ1v) is 10.4. The molecule has 3 rings (SSSR count). The molecule has 0 atom stereocenters. The van der Waals surface area contributed by atoms with Gasteiger partial charge in [0, 0.05) is 18.3 Å². The number of hydrogen-bond donors (Lipinski definition) is 2. The van der Waals surface area contributed by atoms with Gasteiger partial charge >= 0.3 is 0 Å². The minimum atomic E-state index is -3.72. The average Bonchev–Trinajstić information content (AvgIpc) is 2.68. The van der Waals surface area contributed by atoms with Gasteiger partial charge in [0.25, 0.3) is 15.9 Å². The van der Waals surface area contributed by atoms with E-state index in [0.717, 1.165) is 0 Å². The molecule has 0 saturated carbocycles. The van der Waals surface area contributed by atoms with Crippen LogP contribution in [0.25, 0.3) is 0 Å². The lowest BCUT2D eigenvalue weighted by Gasteiger charge is -2.13. The summed E-state index contributed by atoms with van der Waals surface area (Å²) in [6.07, 6.45) is 1.52. The van der Waals surface area contributed by atoms with Crippen LogP contribution in [0.2, 0.25) is 0 Å². The second-order valence-corrected chi connectivity index (χ2v) is 8.22. The summed E-state index contributed by atoms with van der Waals surface area (Å²) >= 11 is 0. The number of hydrogen-bond acceptors (Lipinski definition) is 5. The van der Waals surface area contributed by atoms with Gasteiger partial charge in [-0.3, -0.25) is 9.52 Å². The first-order valence-electron chi connectivity index (χ1n) is 8.97. The zero-order chi connectivity index (χ0) is 20.9. The van der Waals surface area contributed by atoms with Crippen molar-refractivity contribution in [1.29, 1.82) is 0 Å². The molecule has 3 aromatic rings. The van der Waals surface area contributed by atoms with E-state index in [1.54, 1.807) is 48.5 Å². The van der Waals surface area contributed by atoms with E-state index in [9.17, 15) is 13.2 Å². The molecule has 0 aliphatic heterocycles. The topological polar surface area (TPSA) is 97.4 Å². The van der Waals surface area contributed by atoms with Crippen molar-refractivity contribution < 1.29 is 17.9 Å². The number of carbonyl (C=O) groups excluding carboxylic acids is 1. The summed E-state index contributed by atoms with van der Waals surface area (Å²) < 4.78 is 33.3. The predicted octanol–water partition coefficient (Wildman–Crippen LogP) is 3.81. The maximum atomic E-state index is 12.5. The summed E-state index contributed by atoms with van der Waals surface area (Å²) in [6.45, 7) is 3.72. The van der Waals surface area contributed by atoms with Gasteiger partial charge in [-0.1, -0.05) is 24.3 Å². The molecule has 0 radical (unpaired) electrons. The minimum absolute atomic E-state index is 0.0359. The van der Waals surface area contributed by atoms with Gasteiger partial charge in [-0.25, -0.2) is 13.4 Å². The van der Waals surface area contributed by atoms with Crippen LogP contribution in [0.15, 0.2) is 77.8 Å². The molecule has 8 heteroatoms. The van der Waals surface area contributed by atoms with E-state index in [1.807, 2.05) is 13.8 Å². The van der Waals surface area contributed by atoms with E-state index >= 15 is 0 Å². The number of rotatable bonds is 7. The lowest BCUT2D eigenvalue weighted by atomic mass is 10.2. The zero-order valence-electron chi connectivity index (χ0n) is 16.0. The molecule has 0 aliphatic rings. The Bertz CT molecular complexity index is 1100. The molecular formula is C21H21N3O4S.